The number of nitrogens with one attached hydrogen (secondary N) is 1. The summed E-state index contributed by atoms with van der Waals surface area (Å²) in [6.07, 6.45) is 2.55. The minimum Gasteiger partial charge on any atom is -0.442 e. The molecule has 0 radical (unpaired) electrons. The van der Waals surface area contributed by atoms with E-state index in [1.165, 1.54) is 23.0 Å². The second-order valence-corrected chi connectivity index (χ2v) is 8.65. The van der Waals surface area contributed by atoms with Crippen LogP contribution in [0.5, 0.6) is 0 Å². The van der Waals surface area contributed by atoms with Crippen LogP contribution in [0.25, 0.3) is 11.1 Å². The number of furan rings is 1. The molecule has 0 fully saturated rings. The molecule has 0 aliphatic heterocycles. The van der Waals surface area contributed by atoms with Gasteiger partial charge in [0.15, 0.2) is 5.03 Å². The minimum atomic E-state index is -3.96. The lowest BCUT2D eigenvalue weighted by Gasteiger charge is -2.15. The second kappa shape index (κ2) is 8.02. The smallest absolute Gasteiger partial charge is 0.266 e. The van der Waals surface area contributed by atoms with Gasteiger partial charge in [-0.1, -0.05) is 30.3 Å². The van der Waals surface area contributed by atoms with E-state index in [0.717, 1.165) is 11.8 Å². The van der Waals surface area contributed by atoms with Crippen LogP contribution in [0.15, 0.2) is 69.2 Å². The zero-order valence-corrected chi connectivity index (χ0v) is 18.0. The number of carbonyl (C=O) groups excluding carboxylic acids is 1. The summed E-state index contributed by atoms with van der Waals surface area (Å²) in [4.78, 5) is 34.2. The van der Waals surface area contributed by atoms with Crippen LogP contribution in [0.4, 0.5) is 5.69 Å². The van der Waals surface area contributed by atoms with Gasteiger partial charge in [-0.2, -0.15) is 0 Å². The third-order valence-corrected chi connectivity index (χ3v) is 5.85. The number of nitrogens with two attached hydrogens (primary N) is 1. The Kier molecular flexibility index (Phi) is 5.36. The Labute approximate surface area is 182 Å². The number of benzene rings is 1. The van der Waals surface area contributed by atoms with Gasteiger partial charge >= 0.3 is 0 Å². The third kappa shape index (κ3) is 3.90. The number of amides is 1. The van der Waals surface area contributed by atoms with Gasteiger partial charge in [-0.3, -0.25) is 14.2 Å². The number of sulfonamides is 1. The second-order valence-electron chi connectivity index (χ2n) is 7.14. The summed E-state index contributed by atoms with van der Waals surface area (Å²) in [7, 11) is -3.96. The van der Waals surface area contributed by atoms with Crippen molar-refractivity contribution >= 4 is 32.7 Å². The quantitative estimate of drug-likeness (QED) is 0.470. The van der Waals surface area contributed by atoms with Crippen LogP contribution >= 0.6 is 0 Å². The number of hydrogen-bond donors (Lipinski definition) is 2. The Morgan fingerprint density at radius 2 is 1.88 bits per heavy atom. The third-order valence-electron chi connectivity index (χ3n) is 5.03. The summed E-state index contributed by atoms with van der Waals surface area (Å²) >= 11 is 0. The van der Waals surface area contributed by atoms with Crippen molar-refractivity contribution in [3.63, 3.8) is 0 Å². The maximum atomic E-state index is 13.3. The van der Waals surface area contributed by atoms with Crippen molar-refractivity contribution in [2.45, 2.75) is 24.9 Å². The summed E-state index contributed by atoms with van der Waals surface area (Å²) in [6.45, 7) is 3.42. The molecule has 0 saturated heterocycles. The largest absolute Gasteiger partial charge is 0.442 e. The molecule has 0 spiro atoms. The van der Waals surface area contributed by atoms with Crippen LogP contribution in [0.3, 0.4) is 0 Å². The van der Waals surface area contributed by atoms with Gasteiger partial charge in [0.25, 0.3) is 21.5 Å². The lowest BCUT2D eigenvalue weighted by atomic mass is 10.1. The van der Waals surface area contributed by atoms with E-state index in [1.807, 2.05) is 37.3 Å². The molecule has 10 nitrogen and oxygen atoms in total. The molecule has 0 aliphatic carbocycles. The monoisotopic (exact) mass is 453 g/mol. The molecule has 164 valence electrons. The number of pyridine rings is 1. The maximum absolute atomic E-state index is 13.3. The molecule has 4 aromatic rings. The van der Waals surface area contributed by atoms with E-state index in [1.54, 1.807) is 6.92 Å². The molecule has 1 amide bonds. The predicted octanol–water partition coefficient (Wildman–Crippen LogP) is 2.20. The van der Waals surface area contributed by atoms with Gasteiger partial charge in [0, 0.05) is 0 Å². The summed E-state index contributed by atoms with van der Waals surface area (Å²) in [5, 5.41) is 7.34. The number of aromatic nitrogens is 3. The highest BCUT2D eigenvalue weighted by atomic mass is 32.2. The molecule has 1 aromatic carbocycles. The molecule has 3 aromatic heterocycles. The van der Waals surface area contributed by atoms with E-state index in [-0.39, 0.29) is 39.2 Å². The van der Waals surface area contributed by atoms with E-state index in [0.29, 0.717) is 0 Å². The average Bonchev–Trinajstić information content (AvgIpc) is 3.11. The van der Waals surface area contributed by atoms with E-state index in [2.05, 4.69) is 15.3 Å². The molecule has 1 unspecified atom stereocenters. The van der Waals surface area contributed by atoms with Crippen molar-refractivity contribution in [2.24, 2.45) is 5.14 Å². The first kappa shape index (κ1) is 21.4. The molecule has 3 N–H and O–H groups in total. The Bertz CT molecular complexity index is 1480. The lowest BCUT2D eigenvalue weighted by Crippen LogP contribution is -2.26. The average molecular weight is 453 g/mol. The molecule has 0 saturated carbocycles. The van der Waals surface area contributed by atoms with E-state index >= 15 is 0 Å². The van der Waals surface area contributed by atoms with E-state index in [9.17, 15) is 18.0 Å². The van der Waals surface area contributed by atoms with Crippen molar-refractivity contribution in [2.75, 3.05) is 5.32 Å². The van der Waals surface area contributed by atoms with Gasteiger partial charge < -0.3 is 9.73 Å². The van der Waals surface area contributed by atoms with Gasteiger partial charge in [-0.25, -0.2) is 23.5 Å². The van der Waals surface area contributed by atoms with Gasteiger partial charge in [0.2, 0.25) is 5.71 Å². The number of carbonyl (C=O) groups is 1. The minimum absolute atomic E-state index is 0.0441. The van der Waals surface area contributed by atoms with Gasteiger partial charge in [0.05, 0.1) is 23.5 Å². The predicted molar refractivity (Wildman–Crippen MR) is 117 cm³/mol. The van der Waals surface area contributed by atoms with Crippen molar-refractivity contribution in [1.82, 2.24) is 14.5 Å². The first-order valence-corrected chi connectivity index (χ1v) is 11.1. The first-order chi connectivity index (χ1) is 15.2. The summed E-state index contributed by atoms with van der Waals surface area (Å²) in [5.41, 5.74) is 0.802. The van der Waals surface area contributed by atoms with Crippen molar-refractivity contribution < 1.29 is 17.6 Å². The molecule has 3 heterocycles. The molecule has 0 bridgehead atoms. The molecule has 11 heteroatoms. The van der Waals surface area contributed by atoms with E-state index < -0.39 is 21.5 Å². The highest BCUT2D eigenvalue weighted by Crippen LogP contribution is 2.24. The summed E-state index contributed by atoms with van der Waals surface area (Å²) in [6, 6.07) is 11.6. The van der Waals surface area contributed by atoms with E-state index in [4.69, 9.17) is 9.56 Å². The molecular formula is C21H19N5O5S. The van der Waals surface area contributed by atoms with Gasteiger partial charge in [-0.05, 0) is 31.5 Å². The standard InChI is InChI=1S/C21H19N5O5S/c1-12(14-6-4-3-5-7-14)26-11-24-20-18(21(26)28)17(13(2)31-20)19(27)25-15-8-9-16(23-10-15)32(22,29)30/h3-12H,1-2H3,(H,25,27)(H2,22,29,30). The van der Waals surface area contributed by atoms with Crippen LogP contribution in [0, 0.1) is 6.92 Å². The van der Waals surface area contributed by atoms with Crippen LogP contribution in [0.2, 0.25) is 0 Å². The molecular weight excluding hydrogens is 434 g/mol. The van der Waals surface area contributed by atoms with Gasteiger partial charge in [0.1, 0.15) is 17.5 Å². The Balaban J connectivity index is 1.73. The Morgan fingerprint density at radius 1 is 1.16 bits per heavy atom. The fraction of sp³-hybridized carbons (Fsp3) is 0.143. The Morgan fingerprint density at radius 3 is 2.50 bits per heavy atom. The number of hydrogen-bond acceptors (Lipinski definition) is 7. The number of aryl methyl sites for hydroxylation is 1. The zero-order valence-electron chi connectivity index (χ0n) is 17.1. The topological polar surface area (TPSA) is 150 Å². The van der Waals surface area contributed by atoms with Gasteiger partial charge in [-0.15, -0.1) is 0 Å². The van der Waals surface area contributed by atoms with Crippen LogP contribution < -0.4 is 16.0 Å². The normalized spacial score (nSPS) is 12.6. The highest BCUT2D eigenvalue weighted by molar-refractivity contribution is 7.89. The van der Waals surface area contributed by atoms with Crippen LogP contribution in [-0.4, -0.2) is 28.9 Å². The highest BCUT2D eigenvalue weighted by Gasteiger charge is 2.24. The molecule has 32 heavy (non-hydrogen) atoms. The van der Waals surface area contributed by atoms with Crippen LogP contribution in [0.1, 0.15) is 34.6 Å². The number of primary sulfonamides is 1. The van der Waals surface area contributed by atoms with Crippen molar-refractivity contribution in [3.05, 3.63) is 82.2 Å². The maximum Gasteiger partial charge on any atom is 0.266 e. The zero-order chi connectivity index (χ0) is 23.0. The number of rotatable bonds is 5. The van der Waals surface area contributed by atoms with Crippen LogP contribution in [-0.2, 0) is 10.0 Å². The van der Waals surface area contributed by atoms with Crippen molar-refractivity contribution in [1.29, 1.82) is 0 Å². The number of fused-ring (bicyclic) bond motifs is 1. The Hall–Kier alpha value is -3.83. The molecule has 4 rings (SSSR count). The number of anilines is 1. The molecule has 1 atom stereocenters. The summed E-state index contributed by atoms with van der Waals surface area (Å²) < 4.78 is 29.7. The lowest BCUT2D eigenvalue weighted by molar-refractivity contribution is 0.102. The first-order valence-electron chi connectivity index (χ1n) is 9.52. The fourth-order valence-electron chi connectivity index (χ4n) is 3.37. The molecule has 0 aliphatic rings. The fourth-order valence-corrected chi connectivity index (χ4v) is 3.83. The summed E-state index contributed by atoms with van der Waals surface area (Å²) in [5.74, 6) is -0.392. The SMILES string of the molecule is Cc1oc2ncn(C(C)c3ccccc3)c(=O)c2c1C(=O)Nc1ccc(S(N)(=O)=O)nc1. The number of nitrogens with zero attached hydrogens (tertiary/aromatic N) is 3. The van der Waals surface area contributed by atoms with Crippen molar-refractivity contribution in [3.8, 4) is 0 Å².